The van der Waals surface area contributed by atoms with E-state index in [4.69, 9.17) is 18.6 Å². The van der Waals surface area contributed by atoms with Crippen LogP contribution in [0.3, 0.4) is 0 Å². The van der Waals surface area contributed by atoms with E-state index in [9.17, 15) is 19.8 Å². The number of aryl methyl sites for hydroxylation is 1. The highest BCUT2D eigenvalue weighted by atomic mass is 16.7. The molecule has 4 rings (SSSR count). The quantitative estimate of drug-likeness (QED) is 0.461. The van der Waals surface area contributed by atoms with Crippen molar-refractivity contribution in [2.75, 3.05) is 20.4 Å². The van der Waals surface area contributed by atoms with Gasteiger partial charge < -0.3 is 34.2 Å². The minimum absolute atomic E-state index is 0.0233. The van der Waals surface area contributed by atoms with E-state index in [1.165, 1.54) is 13.2 Å². The molecule has 0 spiro atoms. The highest BCUT2D eigenvalue weighted by Crippen LogP contribution is 2.45. The summed E-state index contributed by atoms with van der Waals surface area (Å²) in [6.45, 7) is 1.93. The second-order valence-electron chi connectivity index (χ2n) is 7.92. The number of benzene rings is 2. The van der Waals surface area contributed by atoms with Crippen molar-refractivity contribution < 1.29 is 33.6 Å². The van der Waals surface area contributed by atoms with Crippen molar-refractivity contribution in [2.24, 2.45) is 0 Å². The van der Waals surface area contributed by atoms with Crippen LogP contribution in [-0.2, 0) is 11.2 Å². The number of hydrogen-bond acceptors (Lipinski definition) is 8. The van der Waals surface area contributed by atoms with Crippen LogP contribution in [0, 0.1) is 6.92 Å². The molecule has 0 bridgehead atoms. The van der Waals surface area contributed by atoms with Gasteiger partial charge in [-0.25, -0.2) is 4.79 Å². The van der Waals surface area contributed by atoms with Crippen LogP contribution in [0.4, 0.5) is 0 Å². The van der Waals surface area contributed by atoms with E-state index in [-0.39, 0.29) is 41.9 Å². The largest absolute Gasteiger partial charge is 0.508 e. The van der Waals surface area contributed by atoms with Gasteiger partial charge in [0.15, 0.2) is 11.5 Å². The molecule has 34 heavy (non-hydrogen) atoms. The molecule has 9 nitrogen and oxygen atoms in total. The number of carbonyl (C=O) groups is 1. The maximum Gasteiger partial charge on any atom is 0.343 e. The number of phenolic OH excluding ortho intramolecular Hbond substituents is 1. The van der Waals surface area contributed by atoms with E-state index in [1.54, 1.807) is 43.3 Å². The first-order valence-electron chi connectivity index (χ1n) is 10.7. The Balaban J connectivity index is 1.61. The number of methoxy groups -OCH3 is 1. The first kappa shape index (κ1) is 23.0. The molecule has 0 fully saturated rings. The van der Waals surface area contributed by atoms with Gasteiger partial charge >= 0.3 is 5.63 Å². The molecule has 9 heteroatoms. The molecule has 1 aromatic heterocycles. The Hall–Kier alpha value is -4.14. The van der Waals surface area contributed by atoms with Crippen LogP contribution in [0.2, 0.25) is 0 Å². The van der Waals surface area contributed by atoms with Crippen molar-refractivity contribution in [1.29, 1.82) is 0 Å². The maximum absolute atomic E-state index is 12.9. The summed E-state index contributed by atoms with van der Waals surface area (Å²) in [6, 6.07) is 11.4. The van der Waals surface area contributed by atoms with Crippen LogP contribution in [0.1, 0.15) is 34.8 Å². The predicted octanol–water partition coefficient (Wildman–Crippen LogP) is 2.98. The molecular weight excluding hydrogens is 442 g/mol. The highest BCUT2D eigenvalue weighted by Gasteiger charge is 2.29. The summed E-state index contributed by atoms with van der Waals surface area (Å²) >= 11 is 0. The molecule has 0 radical (unpaired) electrons. The zero-order chi connectivity index (χ0) is 24.2. The fraction of sp³-hybridized carbons (Fsp3) is 0.280. The summed E-state index contributed by atoms with van der Waals surface area (Å²) in [7, 11) is 1.48. The molecule has 3 N–H and O–H groups in total. The summed E-state index contributed by atoms with van der Waals surface area (Å²) in [5.74, 6) is 0.268. The van der Waals surface area contributed by atoms with Crippen molar-refractivity contribution >= 4 is 5.91 Å². The number of phenols is 1. The van der Waals surface area contributed by atoms with E-state index in [0.29, 0.717) is 35.8 Å². The SMILES string of the molecule is COc1cc(C(CC(=O)NCCc2ccc(O)cc2)c2c(O)cc(C)oc2=O)cc2c1OCO2. The van der Waals surface area contributed by atoms with Crippen molar-refractivity contribution in [3.8, 4) is 28.7 Å². The number of ether oxygens (including phenoxy) is 3. The smallest absolute Gasteiger partial charge is 0.343 e. The lowest BCUT2D eigenvalue weighted by Crippen LogP contribution is -2.28. The average Bonchev–Trinajstić information content (AvgIpc) is 3.27. The van der Waals surface area contributed by atoms with E-state index in [0.717, 1.165) is 5.56 Å². The Morgan fingerprint density at radius 3 is 2.62 bits per heavy atom. The molecule has 3 aromatic rings. The number of nitrogens with one attached hydrogen (secondary N) is 1. The molecular formula is C25H25NO8. The van der Waals surface area contributed by atoms with Crippen LogP contribution < -0.4 is 25.2 Å². The number of carbonyl (C=O) groups excluding carboxylic acids is 1. The zero-order valence-corrected chi connectivity index (χ0v) is 18.8. The highest BCUT2D eigenvalue weighted by molar-refractivity contribution is 5.78. The lowest BCUT2D eigenvalue weighted by atomic mass is 9.88. The normalized spacial score (nSPS) is 12.9. The standard InChI is InChI=1S/C25H25NO8/c1-14-9-19(28)23(25(30)34-14)18(16-10-20(31-2)24-21(11-16)32-13-33-24)12-22(29)26-8-7-15-3-5-17(27)6-4-15/h3-6,9-11,18,27-28H,7-8,12-13H2,1-2H3,(H,26,29). The fourth-order valence-electron chi connectivity index (χ4n) is 3.93. The van der Waals surface area contributed by atoms with Crippen molar-refractivity contribution in [1.82, 2.24) is 5.32 Å². The van der Waals surface area contributed by atoms with E-state index < -0.39 is 11.5 Å². The third-order valence-electron chi connectivity index (χ3n) is 5.58. The lowest BCUT2D eigenvalue weighted by Gasteiger charge is -2.19. The zero-order valence-electron chi connectivity index (χ0n) is 18.8. The predicted molar refractivity (Wildman–Crippen MR) is 122 cm³/mol. The molecule has 0 saturated heterocycles. The van der Waals surface area contributed by atoms with Crippen molar-refractivity contribution in [3.63, 3.8) is 0 Å². The minimum Gasteiger partial charge on any atom is -0.508 e. The number of rotatable bonds is 8. The number of fused-ring (bicyclic) bond motifs is 1. The number of hydrogen-bond donors (Lipinski definition) is 3. The molecule has 1 amide bonds. The summed E-state index contributed by atoms with van der Waals surface area (Å²) in [5.41, 5.74) is 0.726. The molecule has 1 unspecified atom stereocenters. The van der Waals surface area contributed by atoms with Gasteiger partial charge in [0.2, 0.25) is 18.4 Å². The molecule has 178 valence electrons. The third-order valence-corrected chi connectivity index (χ3v) is 5.58. The van der Waals surface area contributed by atoms with Gasteiger partial charge in [-0.05, 0) is 48.7 Å². The molecule has 2 aromatic carbocycles. The van der Waals surface area contributed by atoms with Crippen LogP contribution in [0.25, 0.3) is 0 Å². The van der Waals surface area contributed by atoms with Crippen molar-refractivity contribution in [2.45, 2.75) is 25.7 Å². The van der Waals surface area contributed by atoms with E-state index in [1.807, 2.05) is 0 Å². The minimum atomic E-state index is -0.825. The van der Waals surface area contributed by atoms with Gasteiger partial charge in [-0.15, -0.1) is 0 Å². The van der Waals surface area contributed by atoms with E-state index in [2.05, 4.69) is 5.32 Å². The second kappa shape index (κ2) is 9.78. The van der Waals surface area contributed by atoms with Gasteiger partial charge in [-0.1, -0.05) is 12.1 Å². The van der Waals surface area contributed by atoms with Crippen LogP contribution >= 0.6 is 0 Å². The lowest BCUT2D eigenvalue weighted by molar-refractivity contribution is -0.121. The number of amides is 1. The first-order valence-corrected chi connectivity index (χ1v) is 10.7. The van der Waals surface area contributed by atoms with Gasteiger partial charge in [0.05, 0.1) is 12.7 Å². The summed E-state index contributed by atoms with van der Waals surface area (Å²) in [5, 5.41) is 22.8. The number of aromatic hydroxyl groups is 2. The summed E-state index contributed by atoms with van der Waals surface area (Å²) < 4.78 is 21.5. The Bertz CT molecular complexity index is 1250. The Morgan fingerprint density at radius 2 is 1.91 bits per heavy atom. The first-order chi connectivity index (χ1) is 16.4. The Kier molecular flexibility index (Phi) is 6.62. The van der Waals surface area contributed by atoms with Crippen LogP contribution in [0.15, 0.2) is 51.7 Å². The Morgan fingerprint density at radius 1 is 1.15 bits per heavy atom. The molecule has 2 heterocycles. The monoisotopic (exact) mass is 467 g/mol. The summed E-state index contributed by atoms with van der Waals surface area (Å²) in [6.07, 6.45) is 0.437. The summed E-state index contributed by atoms with van der Waals surface area (Å²) in [4.78, 5) is 25.6. The van der Waals surface area contributed by atoms with Gasteiger partial charge in [0.1, 0.15) is 17.3 Å². The van der Waals surface area contributed by atoms with Gasteiger partial charge in [0.25, 0.3) is 0 Å². The van der Waals surface area contributed by atoms with Crippen LogP contribution in [-0.4, -0.2) is 36.6 Å². The van der Waals surface area contributed by atoms with Crippen molar-refractivity contribution in [3.05, 3.63) is 75.3 Å². The van der Waals surface area contributed by atoms with Gasteiger partial charge in [0, 0.05) is 24.9 Å². The average molecular weight is 467 g/mol. The molecule has 1 aliphatic heterocycles. The Labute approximate surface area is 195 Å². The molecule has 1 aliphatic rings. The van der Waals surface area contributed by atoms with Gasteiger partial charge in [-0.3, -0.25) is 4.79 Å². The molecule has 0 aliphatic carbocycles. The fourth-order valence-corrected chi connectivity index (χ4v) is 3.93. The second-order valence-corrected chi connectivity index (χ2v) is 7.92. The van der Waals surface area contributed by atoms with Gasteiger partial charge in [-0.2, -0.15) is 0 Å². The van der Waals surface area contributed by atoms with E-state index >= 15 is 0 Å². The maximum atomic E-state index is 12.9. The topological polar surface area (TPSA) is 127 Å². The molecule has 0 saturated carbocycles. The molecule has 1 atom stereocenters. The van der Waals surface area contributed by atoms with Crippen LogP contribution in [0.5, 0.6) is 28.7 Å². The third kappa shape index (κ3) is 4.93.